The molecule has 0 bridgehead atoms. The van der Waals surface area contributed by atoms with Gasteiger partial charge in [-0.2, -0.15) is 5.26 Å². The number of fused-ring (bicyclic) bond motifs is 1. The van der Waals surface area contributed by atoms with Crippen LogP contribution in [-0.2, 0) is 11.2 Å². The van der Waals surface area contributed by atoms with Crippen LogP contribution in [-0.4, -0.2) is 36.5 Å². The predicted molar refractivity (Wildman–Crippen MR) is 86.5 cm³/mol. The summed E-state index contributed by atoms with van der Waals surface area (Å²) in [6.07, 6.45) is 3.51. The van der Waals surface area contributed by atoms with Gasteiger partial charge in [0.05, 0.1) is 12.0 Å². The normalized spacial score (nSPS) is 24.8. The Hall–Kier alpha value is -1.86. The van der Waals surface area contributed by atoms with Crippen molar-refractivity contribution < 1.29 is 4.79 Å². The van der Waals surface area contributed by atoms with E-state index < -0.39 is 0 Å². The number of nitriles is 1. The molecule has 116 valence electrons. The lowest BCUT2D eigenvalue weighted by Gasteiger charge is -2.35. The van der Waals surface area contributed by atoms with Crippen molar-refractivity contribution >= 4 is 11.6 Å². The monoisotopic (exact) mass is 297 g/mol. The van der Waals surface area contributed by atoms with Crippen LogP contribution in [0.4, 0.5) is 5.69 Å². The summed E-state index contributed by atoms with van der Waals surface area (Å²) in [4.78, 5) is 17.3. The van der Waals surface area contributed by atoms with E-state index in [0.717, 1.165) is 44.6 Å². The second-order valence-electron chi connectivity index (χ2n) is 6.44. The average molecular weight is 297 g/mol. The third-order valence-electron chi connectivity index (χ3n) is 4.84. The van der Waals surface area contributed by atoms with Crippen molar-refractivity contribution in [1.29, 1.82) is 5.26 Å². The molecule has 1 aromatic carbocycles. The molecule has 22 heavy (non-hydrogen) atoms. The molecule has 0 aromatic heterocycles. The minimum atomic E-state index is 0.0704. The largest absolute Gasteiger partial charge is 0.309 e. The SMILES string of the molecule is CC1Cc2ccccc2N1C(=O)C1CCCN(CCC#N)C1. The number of hydrogen-bond acceptors (Lipinski definition) is 3. The number of carbonyl (C=O) groups excluding carboxylic acids is 1. The second kappa shape index (κ2) is 6.50. The van der Waals surface area contributed by atoms with Gasteiger partial charge in [0, 0.05) is 31.2 Å². The highest BCUT2D eigenvalue weighted by Crippen LogP contribution is 2.34. The van der Waals surface area contributed by atoms with Crippen molar-refractivity contribution in [3.05, 3.63) is 29.8 Å². The summed E-state index contributed by atoms with van der Waals surface area (Å²) in [6, 6.07) is 10.7. The molecular weight excluding hydrogens is 274 g/mol. The summed E-state index contributed by atoms with van der Waals surface area (Å²) in [7, 11) is 0. The minimum Gasteiger partial charge on any atom is -0.309 e. The van der Waals surface area contributed by atoms with Crippen molar-refractivity contribution in [2.75, 3.05) is 24.5 Å². The van der Waals surface area contributed by atoms with Gasteiger partial charge in [-0.1, -0.05) is 18.2 Å². The van der Waals surface area contributed by atoms with Crippen LogP contribution < -0.4 is 4.90 Å². The summed E-state index contributed by atoms with van der Waals surface area (Å²) >= 11 is 0. The Morgan fingerprint density at radius 3 is 3.05 bits per heavy atom. The Labute approximate surface area is 132 Å². The molecule has 2 aliphatic rings. The maximum atomic E-state index is 13.0. The number of para-hydroxylation sites is 1. The molecule has 0 aliphatic carbocycles. The number of piperidine rings is 1. The summed E-state index contributed by atoms with van der Waals surface area (Å²) in [5, 5.41) is 8.74. The Morgan fingerprint density at radius 1 is 1.41 bits per heavy atom. The van der Waals surface area contributed by atoms with Crippen LogP contribution in [0.1, 0.15) is 31.7 Å². The van der Waals surface area contributed by atoms with E-state index >= 15 is 0 Å². The molecule has 2 unspecified atom stereocenters. The first-order chi connectivity index (χ1) is 10.7. The molecule has 1 fully saturated rings. The molecule has 3 rings (SSSR count). The summed E-state index contributed by atoms with van der Waals surface area (Å²) < 4.78 is 0. The zero-order valence-corrected chi connectivity index (χ0v) is 13.2. The Morgan fingerprint density at radius 2 is 2.23 bits per heavy atom. The molecule has 1 amide bonds. The number of nitrogens with zero attached hydrogens (tertiary/aromatic N) is 3. The van der Waals surface area contributed by atoms with E-state index in [0.29, 0.717) is 6.42 Å². The maximum absolute atomic E-state index is 13.0. The van der Waals surface area contributed by atoms with Gasteiger partial charge in [0.2, 0.25) is 5.91 Å². The van der Waals surface area contributed by atoms with E-state index in [1.807, 2.05) is 17.0 Å². The quantitative estimate of drug-likeness (QED) is 0.861. The highest BCUT2D eigenvalue weighted by Gasteiger charge is 2.36. The van der Waals surface area contributed by atoms with Gasteiger partial charge >= 0.3 is 0 Å². The predicted octanol–water partition coefficient (Wildman–Crippen LogP) is 2.59. The number of anilines is 1. The average Bonchev–Trinajstić information content (AvgIpc) is 2.88. The maximum Gasteiger partial charge on any atom is 0.231 e. The van der Waals surface area contributed by atoms with Gasteiger partial charge in [0.25, 0.3) is 0 Å². The molecule has 1 aromatic rings. The van der Waals surface area contributed by atoms with E-state index in [1.165, 1.54) is 5.56 Å². The van der Waals surface area contributed by atoms with Crippen molar-refractivity contribution in [1.82, 2.24) is 4.90 Å². The van der Waals surface area contributed by atoms with E-state index in [1.54, 1.807) is 0 Å². The van der Waals surface area contributed by atoms with Gasteiger partial charge in [0.15, 0.2) is 0 Å². The standard InChI is InChI=1S/C18H23N3O/c1-14-12-15-6-2-3-8-17(15)21(14)18(22)16-7-4-10-20(13-16)11-5-9-19/h2-3,6,8,14,16H,4-5,7,10-13H2,1H3. The minimum absolute atomic E-state index is 0.0704. The van der Waals surface area contributed by atoms with E-state index in [4.69, 9.17) is 5.26 Å². The molecule has 1 saturated heterocycles. The molecule has 0 saturated carbocycles. The first-order valence-electron chi connectivity index (χ1n) is 8.21. The number of carbonyl (C=O) groups is 1. The molecule has 0 radical (unpaired) electrons. The molecule has 2 atom stereocenters. The van der Waals surface area contributed by atoms with Crippen LogP contribution in [0.3, 0.4) is 0 Å². The first-order valence-corrected chi connectivity index (χ1v) is 8.21. The van der Waals surface area contributed by atoms with E-state index in [9.17, 15) is 4.79 Å². The van der Waals surface area contributed by atoms with E-state index in [-0.39, 0.29) is 17.9 Å². The smallest absolute Gasteiger partial charge is 0.231 e. The topological polar surface area (TPSA) is 47.3 Å². The summed E-state index contributed by atoms with van der Waals surface area (Å²) in [5.74, 6) is 0.333. The summed E-state index contributed by atoms with van der Waals surface area (Å²) in [5.41, 5.74) is 2.37. The zero-order chi connectivity index (χ0) is 15.5. The molecule has 0 N–H and O–H groups in total. The van der Waals surface area contributed by atoms with Gasteiger partial charge < -0.3 is 9.80 Å². The Bertz CT molecular complexity index is 592. The molecule has 4 heteroatoms. The van der Waals surface area contributed by atoms with Gasteiger partial charge in [-0.25, -0.2) is 0 Å². The van der Waals surface area contributed by atoms with E-state index in [2.05, 4.69) is 30.0 Å². The van der Waals surface area contributed by atoms with Gasteiger partial charge in [-0.05, 0) is 44.4 Å². The van der Waals surface area contributed by atoms with Gasteiger partial charge in [-0.3, -0.25) is 4.79 Å². The van der Waals surface area contributed by atoms with Crippen molar-refractivity contribution in [2.24, 2.45) is 5.92 Å². The van der Waals surface area contributed by atoms with Crippen LogP contribution in [0, 0.1) is 17.2 Å². The lowest BCUT2D eigenvalue weighted by Crippen LogP contribution is -2.46. The highest BCUT2D eigenvalue weighted by molar-refractivity contribution is 5.97. The summed E-state index contributed by atoms with van der Waals surface area (Å²) in [6.45, 7) is 4.73. The lowest BCUT2D eigenvalue weighted by atomic mass is 9.96. The molecule has 0 spiro atoms. The molecule has 2 aliphatic heterocycles. The number of hydrogen-bond donors (Lipinski definition) is 0. The fourth-order valence-electron chi connectivity index (χ4n) is 3.77. The lowest BCUT2D eigenvalue weighted by molar-refractivity contribution is -0.124. The third kappa shape index (κ3) is 2.86. The third-order valence-corrected chi connectivity index (χ3v) is 4.84. The fourth-order valence-corrected chi connectivity index (χ4v) is 3.77. The molecular formula is C18H23N3O. The van der Waals surface area contributed by atoms with Crippen LogP contribution in [0.5, 0.6) is 0 Å². The van der Waals surface area contributed by atoms with Crippen LogP contribution in [0.15, 0.2) is 24.3 Å². The fraction of sp³-hybridized carbons (Fsp3) is 0.556. The molecule has 2 heterocycles. The van der Waals surface area contributed by atoms with Crippen molar-refractivity contribution in [2.45, 2.75) is 38.6 Å². The van der Waals surface area contributed by atoms with Crippen molar-refractivity contribution in [3.63, 3.8) is 0 Å². The van der Waals surface area contributed by atoms with Crippen LogP contribution in [0.25, 0.3) is 0 Å². The number of rotatable bonds is 3. The highest BCUT2D eigenvalue weighted by atomic mass is 16.2. The second-order valence-corrected chi connectivity index (χ2v) is 6.44. The van der Waals surface area contributed by atoms with Gasteiger partial charge in [-0.15, -0.1) is 0 Å². The number of amides is 1. The van der Waals surface area contributed by atoms with Gasteiger partial charge in [0.1, 0.15) is 0 Å². The number of likely N-dealkylation sites (tertiary alicyclic amines) is 1. The molecule has 4 nitrogen and oxygen atoms in total. The Kier molecular flexibility index (Phi) is 4.44. The zero-order valence-electron chi connectivity index (χ0n) is 13.2. The van der Waals surface area contributed by atoms with Crippen molar-refractivity contribution in [3.8, 4) is 6.07 Å². The first kappa shape index (κ1) is 15.1. The van der Waals surface area contributed by atoms with Crippen LogP contribution >= 0.6 is 0 Å². The van der Waals surface area contributed by atoms with Crippen LogP contribution in [0.2, 0.25) is 0 Å². The Balaban J connectivity index is 1.72. The number of benzene rings is 1.